The van der Waals surface area contributed by atoms with Gasteiger partial charge >= 0.3 is 6.09 Å². The summed E-state index contributed by atoms with van der Waals surface area (Å²) in [5.74, 6) is -1.28. The molecular weight excluding hydrogens is 409 g/mol. The van der Waals surface area contributed by atoms with Crippen molar-refractivity contribution in [1.29, 1.82) is 0 Å². The number of benzene rings is 3. The second-order valence-electron chi connectivity index (χ2n) is 7.61. The number of halogens is 1. The molecule has 0 saturated carbocycles. The molecule has 2 aliphatic rings. The summed E-state index contributed by atoms with van der Waals surface area (Å²) in [6.45, 7) is 0.351. The molecule has 1 saturated heterocycles. The van der Waals surface area contributed by atoms with Crippen molar-refractivity contribution in [1.82, 2.24) is 4.90 Å². The zero-order valence-electron chi connectivity index (χ0n) is 17.1. The average Bonchev–Trinajstić information content (AvgIpc) is 3.44. The summed E-state index contributed by atoms with van der Waals surface area (Å²) in [6, 6.07) is 24.1. The smallest absolute Gasteiger partial charge is 0.416 e. The largest absolute Gasteiger partial charge is 0.447 e. The van der Waals surface area contributed by atoms with E-state index in [1.54, 1.807) is 17.1 Å². The quantitative estimate of drug-likeness (QED) is 0.624. The van der Waals surface area contributed by atoms with Gasteiger partial charge in [0, 0.05) is 0 Å². The van der Waals surface area contributed by atoms with Gasteiger partial charge in [0.15, 0.2) is 0 Å². The normalized spacial score (nSPS) is 20.3. The van der Waals surface area contributed by atoms with Crippen LogP contribution in [0, 0.1) is 5.82 Å². The lowest BCUT2D eigenvalue weighted by Gasteiger charge is -2.29. The summed E-state index contributed by atoms with van der Waals surface area (Å²) in [4.78, 5) is 27.1. The number of hydrogen-bond acceptors (Lipinski definition) is 5. The highest BCUT2D eigenvalue weighted by molar-refractivity contribution is 6.13. The molecule has 0 N–H and O–H groups in total. The van der Waals surface area contributed by atoms with Gasteiger partial charge in [-0.25, -0.2) is 14.1 Å². The molecule has 2 atom stereocenters. The van der Waals surface area contributed by atoms with E-state index in [9.17, 15) is 14.0 Å². The number of carbonyl (C=O) groups excluding carboxylic acids is 2. The molecule has 0 radical (unpaired) electrons. The van der Waals surface area contributed by atoms with E-state index in [1.807, 2.05) is 60.7 Å². The molecule has 0 spiro atoms. The van der Waals surface area contributed by atoms with Crippen LogP contribution in [0.5, 0.6) is 0 Å². The monoisotopic (exact) mass is 429 g/mol. The zero-order valence-corrected chi connectivity index (χ0v) is 17.1. The Kier molecular flexibility index (Phi) is 5.15. The van der Waals surface area contributed by atoms with Crippen molar-refractivity contribution in [2.24, 2.45) is 5.10 Å². The predicted molar refractivity (Wildman–Crippen MR) is 118 cm³/mol. The summed E-state index contributed by atoms with van der Waals surface area (Å²) in [7, 11) is 0. The molecule has 2 aliphatic heterocycles. The van der Waals surface area contributed by atoms with Crippen LogP contribution in [0.2, 0.25) is 0 Å². The van der Waals surface area contributed by atoms with Gasteiger partial charge in [-0.05, 0) is 35.4 Å². The molecule has 160 valence electrons. The van der Waals surface area contributed by atoms with Crippen molar-refractivity contribution in [2.75, 3.05) is 18.2 Å². The summed E-state index contributed by atoms with van der Waals surface area (Å²) in [6.07, 6.45) is -0.658. The summed E-state index contributed by atoms with van der Waals surface area (Å²) in [5, 5.41) is 6.52. The van der Waals surface area contributed by atoms with Crippen LogP contribution in [0.3, 0.4) is 0 Å². The van der Waals surface area contributed by atoms with E-state index in [0.717, 1.165) is 21.7 Å². The van der Waals surface area contributed by atoms with Gasteiger partial charge in [-0.3, -0.25) is 9.80 Å². The van der Waals surface area contributed by atoms with Crippen LogP contribution < -0.4 is 5.01 Å². The Bertz CT molecular complexity index is 1170. The molecule has 0 unspecified atom stereocenters. The SMILES string of the molecule is O=C1OCCN1C(=O)[C@@H]1[C@@H](c2ccc(F)cc2)C(c2ccccc2)=NN1c1ccccc1. The minimum atomic E-state index is -0.830. The highest BCUT2D eigenvalue weighted by Crippen LogP contribution is 2.38. The second-order valence-corrected chi connectivity index (χ2v) is 7.61. The molecule has 5 rings (SSSR count). The minimum Gasteiger partial charge on any atom is -0.447 e. The standard InChI is InChI=1S/C25H20FN3O3/c26-19-13-11-17(12-14-19)21-22(18-7-3-1-4-8-18)27-29(20-9-5-2-6-10-20)23(21)24(30)28-15-16-32-25(28)31/h1-14,21,23H,15-16H2/t21-,23-/m0/s1. The minimum absolute atomic E-state index is 0.163. The lowest BCUT2D eigenvalue weighted by Crippen LogP contribution is -2.48. The number of cyclic esters (lactones) is 1. The lowest BCUT2D eigenvalue weighted by atomic mass is 9.84. The summed E-state index contributed by atoms with van der Waals surface area (Å²) >= 11 is 0. The van der Waals surface area contributed by atoms with E-state index in [-0.39, 0.29) is 19.0 Å². The van der Waals surface area contributed by atoms with E-state index in [0.29, 0.717) is 5.71 Å². The number of carbonyl (C=O) groups is 2. The van der Waals surface area contributed by atoms with Gasteiger partial charge in [0.05, 0.1) is 23.9 Å². The van der Waals surface area contributed by atoms with Crippen molar-refractivity contribution in [2.45, 2.75) is 12.0 Å². The van der Waals surface area contributed by atoms with Crippen LogP contribution >= 0.6 is 0 Å². The fourth-order valence-corrected chi connectivity index (χ4v) is 4.19. The summed E-state index contributed by atoms with van der Waals surface area (Å²) < 4.78 is 18.7. The lowest BCUT2D eigenvalue weighted by molar-refractivity contribution is -0.129. The Morgan fingerprint density at radius 1 is 0.938 bits per heavy atom. The topological polar surface area (TPSA) is 62.2 Å². The molecule has 1 fully saturated rings. The first-order valence-corrected chi connectivity index (χ1v) is 10.4. The number of imide groups is 1. The number of nitrogens with zero attached hydrogens (tertiary/aromatic N) is 3. The van der Waals surface area contributed by atoms with E-state index in [1.165, 1.54) is 12.1 Å². The maximum absolute atomic E-state index is 13.7. The average molecular weight is 429 g/mol. The third-order valence-electron chi connectivity index (χ3n) is 5.69. The van der Waals surface area contributed by atoms with Gasteiger partial charge in [-0.1, -0.05) is 60.7 Å². The molecule has 3 aromatic rings. The molecule has 0 aliphatic carbocycles. The molecule has 0 aromatic heterocycles. The van der Waals surface area contributed by atoms with Gasteiger partial charge in [0.1, 0.15) is 18.5 Å². The van der Waals surface area contributed by atoms with Gasteiger partial charge in [0.2, 0.25) is 0 Å². The van der Waals surface area contributed by atoms with Gasteiger partial charge in [-0.15, -0.1) is 0 Å². The Labute approximate surface area is 184 Å². The van der Waals surface area contributed by atoms with Crippen LogP contribution in [0.25, 0.3) is 0 Å². The van der Waals surface area contributed by atoms with Crippen LogP contribution in [0.1, 0.15) is 17.0 Å². The molecule has 2 heterocycles. The third kappa shape index (κ3) is 3.51. The number of amides is 2. The Morgan fingerprint density at radius 2 is 1.59 bits per heavy atom. The van der Waals surface area contributed by atoms with Crippen molar-refractivity contribution in [3.05, 3.63) is 102 Å². The number of rotatable bonds is 4. The van der Waals surface area contributed by atoms with Crippen molar-refractivity contribution >= 4 is 23.4 Å². The highest BCUT2D eigenvalue weighted by Gasteiger charge is 2.48. The fourth-order valence-electron chi connectivity index (χ4n) is 4.19. The Morgan fingerprint density at radius 3 is 2.22 bits per heavy atom. The van der Waals surface area contributed by atoms with Gasteiger partial charge in [-0.2, -0.15) is 5.10 Å². The number of para-hydroxylation sites is 1. The third-order valence-corrected chi connectivity index (χ3v) is 5.69. The van der Waals surface area contributed by atoms with E-state index in [2.05, 4.69) is 0 Å². The molecule has 6 nitrogen and oxygen atoms in total. The van der Waals surface area contributed by atoms with Crippen LogP contribution in [-0.4, -0.2) is 41.8 Å². The number of hydrazone groups is 1. The van der Waals surface area contributed by atoms with E-state index >= 15 is 0 Å². The van der Waals surface area contributed by atoms with Crippen molar-refractivity contribution < 1.29 is 18.7 Å². The maximum Gasteiger partial charge on any atom is 0.416 e. The zero-order chi connectivity index (χ0) is 22.1. The molecular formula is C25H20FN3O3. The van der Waals surface area contributed by atoms with Crippen molar-refractivity contribution in [3.63, 3.8) is 0 Å². The number of anilines is 1. The first-order chi connectivity index (χ1) is 15.6. The van der Waals surface area contributed by atoms with Crippen LogP contribution in [0.4, 0.5) is 14.9 Å². The van der Waals surface area contributed by atoms with Crippen LogP contribution in [0.15, 0.2) is 90.0 Å². The number of ether oxygens (including phenoxy) is 1. The number of hydrogen-bond donors (Lipinski definition) is 0. The van der Waals surface area contributed by atoms with Gasteiger partial charge in [0.25, 0.3) is 5.91 Å². The van der Waals surface area contributed by atoms with Crippen LogP contribution in [-0.2, 0) is 9.53 Å². The molecule has 3 aromatic carbocycles. The Balaban J connectivity index is 1.67. The highest BCUT2D eigenvalue weighted by atomic mass is 19.1. The first-order valence-electron chi connectivity index (χ1n) is 10.4. The fraction of sp³-hybridized carbons (Fsp3) is 0.160. The maximum atomic E-state index is 13.7. The summed E-state index contributed by atoms with van der Waals surface area (Å²) in [5.41, 5.74) is 2.98. The molecule has 7 heteroatoms. The first kappa shape index (κ1) is 19.9. The molecule has 32 heavy (non-hydrogen) atoms. The van der Waals surface area contributed by atoms with E-state index in [4.69, 9.17) is 9.84 Å². The predicted octanol–water partition coefficient (Wildman–Crippen LogP) is 4.18. The Hall–Kier alpha value is -4.00. The van der Waals surface area contributed by atoms with Gasteiger partial charge < -0.3 is 4.74 Å². The van der Waals surface area contributed by atoms with Crippen molar-refractivity contribution in [3.8, 4) is 0 Å². The van der Waals surface area contributed by atoms with E-state index < -0.39 is 24.0 Å². The molecule has 2 amide bonds. The molecule has 0 bridgehead atoms. The second kappa shape index (κ2) is 8.26.